The number of carbonyl (C=O) groups excluding carboxylic acids is 2. The van der Waals surface area contributed by atoms with Gasteiger partial charge in [0, 0.05) is 32.7 Å². The molecule has 0 bridgehead atoms. The van der Waals surface area contributed by atoms with Gasteiger partial charge in [0.1, 0.15) is 0 Å². The summed E-state index contributed by atoms with van der Waals surface area (Å²) in [5.41, 5.74) is 12.3. The van der Waals surface area contributed by atoms with E-state index in [1.54, 1.807) is 27.0 Å². The SMILES string of the molecule is COCCCOc1cc(CC(CC(N)C2CC(C(=O)NCC(C)(C)C(N)=O)C(C)O2)C(C)C)ccc1O. The predicted molar refractivity (Wildman–Crippen MR) is 143 cm³/mol. The van der Waals surface area contributed by atoms with Crippen LogP contribution in [0.1, 0.15) is 59.4 Å². The summed E-state index contributed by atoms with van der Waals surface area (Å²) in [6.07, 6.45) is 2.31. The molecule has 5 atom stereocenters. The second-order valence-corrected chi connectivity index (χ2v) is 11.3. The number of benzene rings is 1. The summed E-state index contributed by atoms with van der Waals surface area (Å²) in [5.74, 6) is 0.328. The Morgan fingerprint density at radius 3 is 2.59 bits per heavy atom. The largest absolute Gasteiger partial charge is 0.504 e. The van der Waals surface area contributed by atoms with Crippen LogP contribution < -0.4 is 21.5 Å². The van der Waals surface area contributed by atoms with E-state index in [1.165, 1.54) is 0 Å². The number of nitrogens with two attached hydrogens (primary N) is 2. The first kappa shape index (κ1) is 30.9. The normalized spacial score (nSPS) is 21.6. The second-order valence-electron chi connectivity index (χ2n) is 11.3. The van der Waals surface area contributed by atoms with Gasteiger partial charge in [0.15, 0.2) is 11.5 Å². The molecule has 210 valence electrons. The molecule has 0 radical (unpaired) electrons. The van der Waals surface area contributed by atoms with E-state index < -0.39 is 11.3 Å². The minimum absolute atomic E-state index is 0.121. The van der Waals surface area contributed by atoms with Crippen molar-refractivity contribution in [1.29, 1.82) is 0 Å². The van der Waals surface area contributed by atoms with Crippen LogP contribution in [0.5, 0.6) is 11.5 Å². The van der Waals surface area contributed by atoms with Crippen LogP contribution in [0.15, 0.2) is 18.2 Å². The van der Waals surface area contributed by atoms with Crippen LogP contribution in [0.4, 0.5) is 0 Å². The van der Waals surface area contributed by atoms with Gasteiger partial charge in [-0.3, -0.25) is 9.59 Å². The van der Waals surface area contributed by atoms with Gasteiger partial charge in [0.2, 0.25) is 11.8 Å². The minimum atomic E-state index is -0.818. The third-order valence-corrected chi connectivity index (χ3v) is 7.42. The lowest BCUT2D eigenvalue weighted by Crippen LogP contribution is -2.45. The van der Waals surface area contributed by atoms with Crippen LogP contribution in [-0.2, 0) is 25.5 Å². The molecular weight excluding hydrogens is 474 g/mol. The highest BCUT2D eigenvalue weighted by Crippen LogP contribution is 2.33. The van der Waals surface area contributed by atoms with Gasteiger partial charge in [0.05, 0.1) is 30.1 Å². The van der Waals surface area contributed by atoms with Crippen LogP contribution in [0.2, 0.25) is 0 Å². The van der Waals surface area contributed by atoms with Crippen LogP contribution in [0.3, 0.4) is 0 Å². The number of amides is 2. The van der Waals surface area contributed by atoms with Crippen molar-refractivity contribution < 1.29 is 28.9 Å². The topological polar surface area (TPSA) is 146 Å². The Bertz CT molecular complexity index is 891. The lowest BCUT2D eigenvalue weighted by molar-refractivity contribution is -0.129. The maximum absolute atomic E-state index is 12.8. The molecule has 0 spiro atoms. The van der Waals surface area contributed by atoms with Crippen molar-refractivity contribution in [2.24, 2.45) is 34.6 Å². The molecule has 9 nitrogen and oxygen atoms in total. The fourth-order valence-electron chi connectivity index (χ4n) is 4.57. The lowest BCUT2D eigenvalue weighted by Gasteiger charge is -2.27. The molecule has 2 rings (SSSR count). The zero-order valence-electron chi connectivity index (χ0n) is 23.3. The molecule has 1 saturated heterocycles. The molecule has 5 unspecified atom stereocenters. The van der Waals surface area contributed by atoms with Crippen molar-refractivity contribution in [2.75, 3.05) is 26.9 Å². The molecule has 1 heterocycles. The number of hydrogen-bond donors (Lipinski definition) is 4. The lowest BCUT2D eigenvalue weighted by atomic mass is 9.82. The number of rotatable bonds is 15. The van der Waals surface area contributed by atoms with Gasteiger partial charge >= 0.3 is 0 Å². The van der Waals surface area contributed by atoms with E-state index in [1.807, 2.05) is 19.1 Å². The summed E-state index contributed by atoms with van der Waals surface area (Å²) >= 11 is 0. The van der Waals surface area contributed by atoms with Gasteiger partial charge < -0.3 is 36.1 Å². The number of primary amides is 1. The molecular formula is C28H47N3O6. The summed E-state index contributed by atoms with van der Waals surface area (Å²) < 4.78 is 16.9. The van der Waals surface area contributed by atoms with Crippen LogP contribution in [-0.4, -0.2) is 62.0 Å². The van der Waals surface area contributed by atoms with E-state index in [0.717, 1.165) is 24.8 Å². The Morgan fingerprint density at radius 2 is 1.97 bits per heavy atom. The first-order chi connectivity index (χ1) is 17.4. The van der Waals surface area contributed by atoms with E-state index in [4.69, 9.17) is 25.7 Å². The number of nitrogens with one attached hydrogen (secondary N) is 1. The van der Waals surface area contributed by atoms with Crippen molar-refractivity contribution in [2.45, 2.75) is 78.6 Å². The Labute approximate surface area is 221 Å². The van der Waals surface area contributed by atoms with Gasteiger partial charge in [-0.25, -0.2) is 0 Å². The number of phenolic OH excluding ortho intramolecular Hbond substituents is 1. The van der Waals surface area contributed by atoms with Crippen LogP contribution in [0.25, 0.3) is 0 Å². The molecule has 1 fully saturated rings. The molecule has 1 aliphatic heterocycles. The summed E-state index contributed by atoms with van der Waals surface area (Å²) in [5, 5.41) is 13.0. The number of carbonyl (C=O) groups is 2. The zero-order valence-corrected chi connectivity index (χ0v) is 23.3. The summed E-state index contributed by atoms with van der Waals surface area (Å²) in [6, 6.07) is 5.26. The summed E-state index contributed by atoms with van der Waals surface area (Å²) in [7, 11) is 1.65. The quantitative estimate of drug-likeness (QED) is 0.260. The third-order valence-electron chi connectivity index (χ3n) is 7.42. The molecule has 0 saturated carbocycles. The Kier molecular flexibility index (Phi) is 11.7. The van der Waals surface area contributed by atoms with Crippen molar-refractivity contribution in [3.8, 4) is 11.5 Å². The molecule has 1 aromatic rings. The van der Waals surface area contributed by atoms with E-state index in [2.05, 4.69) is 19.2 Å². The monoisotopic (exact) mass is 521 g/mol. The fraction of sp³-hybridized carbons (Fsp3) is 0.714. The molecule has 0 aliphatic carbocycles. The van der Waals surface area contributed by atoms with Crippen molar-refractivity contribution >= 4 is 11.8 Å². The van der Waals surface area contributed by atoms with E-state index in [9.17, 15) is 14.7 Å². The highest BCUT2D eigenvalue weighted by atomic mass is 16.5. The maximum Gasteiger partial charge on any atom is 0.225 e. The summed E-state index contributed by atoms with van der Waals surface area (Å²) in [4.78, 5) is 24.4. The third kappa shape index (κ3) is 9.16. The molecule has 2 amide bonds. The van der Waals surface area contributed by atoms with Gasteiger partial charge in [0.25, 0.3) is 0 Å². The molecule has 6 N–H and O–H groups in total. The molecule has 37 heavy (non-hydrogen) atoms. The number of methoxy groups -OCH3 is 1. The van der Waals surface area contributed by atoms with Crippen molar-refractivity contribution in [3.63, 3.8) is 0 Å². The first-order valence-electron chi connectivity index (χ1n) is 13.3. The molecule has 0 aromatic heterocycles. The second kappa shape index (κ2) is 14.0. The average Bonchev–Trinajstić information content (AvgIpc) is 3.23. The molecule has 9 heteroatoms. The maximum atomic E-state index is 12.8. The Hall–Kier alpha value is -2.36. The first-order valence-corrected chi connectivity index (χ1v) is 13.3. The smallest absolute Gasteiger partial charge is 0.225 e. The van der Waals surface area contributed by atoms with Crippen molar-refractivity contribution in [1.82, 2.24) is 5.32 Å². The van der Waals surface area contributed by atoms with Gasteiger partial charge in [-0.05, 0) is 69.6 Å². The minimum Gasteiger partial charge on any atom is -0.504 e. The van der Waals surface area contributed by atoms with Crippen LogP contribution >= 0.6 is 0 Å². The number of phenols is 1. The van der Waals surface area contributed by atoms with Crippen LogP contribution in [0, 0.1) is 23.2 Å². The van der Waals surface area contributed by atoms with Gasteiger partial charge in [-0.2, -0.15) is 0 Å². The van der Waals surface area contributed by atoms with E-state index >= 15 is 0 Å². The molecule has 1 aromatic carbocycles. The summed E-state index contributed by atoms with van der Waals surface area (Å²) in [6.45, 7) is 10.9. The standard InChI is InChI=1S/C28H47N3O6/c1-17(2)20(12-19-8-9-23(32)25(13-19)36-11-7-10-35-6)14-22(29)24-15-21(18(3)37-24)26(33)31-16-28(4,5)27(30)34/h8-9,13,17-18,20-22,24,32H,7,10-12,14-16,29H2,1-6H3,(H2,30,34)(H,31,33). The Balaban J connectivity index is 1.97. The highest BCUT2D eigenvalue weighted by Gasteiger charge is 2.40. The predicted octanol–water partition coefficient (Wildman–Crippen LogP) is 2.76. The Morgan fingerprint density at radius 1 is 1.27 bits per heavy atom. The fourth-order valence-corrected chi connectivity index (χ4v) is 4.57. The average molecular weight is 522 g/mol. The highest BCUT2D eigenvalue weighted by molar-refractivity contribution is 5.83. The number of aromatic hydroxyl groups is 1. The van der Waals surface area contributed by atoms with Gasteiger partial charge in [-0.15, -0.1) is 0 Å². The number of hydrogen-bond acceptors (Lipinski definition) is 7. The van der Waals surface area contributed by atoms with E-state index in [0.29, 0.717) is 31.3 Å². The van der Waals surface area contributed by atoms with E-state index in [-0.39, 0.29) is 48.3 Å². The number of ether oxygens (including phenoxy) is 3. The van der Waals surface area contributed by atoms with Crippen molar-refractivity contribution in [3.05, 3.63) is 23.8 Å². The van der Waals surface area contributed by atoms with Gasteiger partial charge in [-0.1, -0.05) is 19.9 Å². The molecule has 1 aliphatic rings. The zero-order chi connectivity index (χ0) is 27.8.